The lowest BCUT2D eigenvalue weighted by atomic mass is 9.94. The van der Waals surface area contributed by atoms with E-state index in [9.17, 15) is 13.6 Å². The average molecular weight is 564 g/mol. The summed E-state index contributed by atoms with van der Waals surface area (Å²) in [5.74, 6) is -1.25. The fourth-order valence-corrected chi connectivity index (χ4v) is 5.23. The number of carbonyl (C=O) groups is 1. The van der Waals surface area contributed by atoms with Gasteiger partial charge in [0.1, 0.15) is 0 Å². The third-order valence-electron chi connectivity index (χ3n) is 7.28. The topological polar surface area (TPSA) is 98.4 Å². The van der Waals surface area contributed by atoms with E-state index in [1.807, 2.05) is 6.07 Å². The predicted molar refractivity (Wildman–Crippen MR) is 150 cm³/mol. The van der Waals surface area contributed by atoms with E-state index in [-0.39, 0.29) is 23.5 Å². The molecule has 0 bridgehead atoms. The molecule has 0 spiro atoms. The maximum absolute atomic E-state index is 14.9. The van der Waals surface area contributed by atoms with Crippen molar-refractivity contribution >= 4 is 34.7 Å². The number of imidazole rings is 1. The van der Waals surface area contributed by atoms with Crippen molar-refractivity contribution < 1.29 is 13.6 Å². The molecule has 4 aromatic rings. The van der Waals surface area contributed by atoms with Crippen LogP contribution in [0.25, 0.3) is 16.9 Å². The van der Waals surface area contributed by atoms with Crippen molar-refractivity contribution in [3.05, 3.63) is 76.7 Å². The molecule has 1 amide bonds. The third kappa shape index (κ3) is 5.62. The predicted octanol–water partition coefficient (Wildman–Crippen LogP) is 5.60. The van der Waals surface area contributed by atoms with Gasteiger partial charge in [-0.2, -0.15) is 5.26 Å². The molecule has 0 unspecified atom stereocenters. The molecule has 2 aromatic carbocycles. The van der Waals surface area contributed by atoms with E-state index in [0.717, 1.165) is 32.4 Å². The highest BCUT2D eigenvalue weighted by Crippen LogP contribution is 2.30. The van der Waals surface area contributed by atoms with Crippen molar-refractivity contribution in [2.24, 2.45) is 5.92 Å². The largest absolute Gasteiger partial charge is 0.342 e. The Morgan fingerprint density at radius 1 is 1.23 bits per heavy atom. The van der Waals surface area contributed by atoms with Gasteiger partial charge in [-0.3, -0.25) is 9.20 Å². The highest BCUT2D eigenvalue weighted by atomic mass is 35.5. The van der Waals surface area contributed by atoms with E-state index in [1.54, 1.807) is 40.7 Å². The first kappa shape index (κ1) is 27.5. The lowest BCUT2D eigenvalue weighted by molar-refractivity contribution is 0.0784. The standard InChI is InChI=1S/C29H28ClF2N7O/c1-38(14-9-18-7-11-34-12-8-18)29(40)21-5-3-20(16-23(21)30)37-27-28-36-17-24(39(28)15-13-35-27)22-4-2-19(6-10-33)25(31)26(22)32/h2-5,13,15-18,34H,6-9,11-12,14H2,1H3,(H,35,37). The number of amides is 1. The van der Waals surface area contributed by atoms with Gasteiger partial charge in [0.15, 0.2) is 23.1 Å². The number of carbonyl (C=O) groups excluding carboxylic acids is 1. The summed E-state index contributed by atoms with van der Waals surface area (Å²) in [6.45, 7) is 2.72. The number of nitrogens with zero attached hydrogens (tertiary/aromatic N) is 5. The summed E-state index contributed by atoms with van der Waals surface area (Å²) >= 11 is 6.52. The molecule has 1 fully saturated rings. The lowest BCUT2D eigenvalue weighted by Gasteiger charge is -2.25. The van der Waals surface area contributed by atoms with Crippen molar-refractivity contribution in [3.63, 3.8) is 0 Å². The molecule has 0 atom stereocenters. The monoisotopic (exact) mass is 563 g/mol. The fourth-order valence-electron chi connectivity index (χ4n) is 4.97. The maximum Gasteiger partial charge on any atom is 0.255 e. The number of hydrogen-bond acceptors (Lipinski definition) is 6. The zero-order chi connectivity index (χ0) is 28.2. The van der Waals surface area contributed by atoms with Crippen LogP contribution in [-0.2, 0) is 6.42 Å². The van der Waals surface area contributed by atoms with Crippen molar-refractivity contribution in [3.8, 4) is 17.3 Å². The summed E-state index contributed by atoms with van der Waals surface area (Å²) in [7, 11) is 1.79. The Labute approximate surface area is 235 Å². The fraction of sp³-hybridized carbons (Fsp3) is 0.310. The van der Waals surface area contributed by atoms with E-state index >= 15 is 0 Å². The molecule has 1 aliphatic heterocycles. The van der Waals surface area contributed by atoms with Gasteiger partial charge in [0.25, 0.3) is 5.91 Å². The van der Waals surface area contributed by atoms with Crippen LogP contribution >= 0.6 is 11.6 Å². The maximum atomic E-state index is 14.9. The Morgan fingerprint density at radius 2 is 2.02 bits per heavy atom. The van der Waals surface area contributed by atoms with Crippen molar-refractivity contribution in [1.82, 2.24) is 24.6 Å². The van der Waals surface area contributed by atoms with Gasteiger partial charge in [-0.15, -0.1) is 0 Å². The van der Waals surface area contributed by atoms with Crippen LogP contribution in [0.5, 0.6) is 0 Å². The quantitative estimate of drug-likeness (QED) is 0.290. The first-order valence-corrected chi connectivity index (χ1v) is 13.4. The molecule has 206 valence electrons. The van der Waals surface area contributed by atoms with E-state index < -0.39 is 11.6 Å². The molecule has 0 aliphatic carbocycles. The molecule has 2 N–H and O–H groups in total. The minimum absolute atomic E-state index is 0.00614. The minimum atomic E-state index is -1.05. The minimum Gasteiger partial charge on any atom is -0.342 e. The van der Waals surface area contributed by atoms with Crippen molar-refractivity contribution in [1.29, 1.82) is 5.26 Å². The molecule has 0 radical (unpaired) electrons. The van der Waals surface area contributed by atoms with Crippen LogP contribution in [0, 0.1) is 28.9 Å². The third-order valence-corrected chi connectivity index (χ3v) is 7.59. The number of halogens is 3. The number of rotatable bonds is 8. The summed E-state index contributed by atoms with van der Waals surface area (Å²) in [4.78, 5) is 23.5. The number of nitrogens with one attached hydrogen (secondary N) is 2. The van der Waals surface area contributed by atoms with E-state index in [2.05, 4.69) is 20.6 Å². The molecular weight excluding hydrogens is 536 g/mol. The smallest absolute Gasteiger partial charge is 0.255 e. The number of aromatic nitrogens is 3. The number of piperidine rings is 1. The number of nitriles is 1. The molecule has 5 rings (SSSR count). The molecule has 3 heterocycles. The number of hydrogen-bond donors (Lipinski definition) is 2. The van der Waals surface area contributed by atoms with Gasteiger partial charge in [0.05, 0.1) is 35.0 Å². The van der Waals surface area contributed by atoms with E-state index in [1.165, 1.54) is 24.5 Å². The second kappa shape index (κ2) is 12.0. The summed E-state index contributed by atoms with van der Waals surface area (Å²) in [6, 6.07) is 9.71. The van der Waals surface area contributed by atoms with Gasteiger partial charge < -0.3 is 15.5 Å². The van der Waals surface area contributed by atoms with Crippen LogP contribution in [0.3, 0.4) is 0 Å². The Morgan fingerprint density at radius 3 is 2.77 bits per heavy atom. The van der Waals surface area contributed by atoms with Gasteiger partial charge >= 0.3 is 0 Å². The number of benzene rings is 2. The molecular formula is C29H28ClF2N7O. The SMILES string of the molecule is CN(CCC1CCNCC1)C(=O)c1ccc(Nc2nccn3c(-c4ccc(CC#N)c(F)c4F)cnc23)cc1Cl. The lowest BCUT2D eigenvalue weighted by Crippen LogP contribution is -2.32. The molecule has 1 aliphatic rings. The second-order valence-corrected chi connectivity index (χ2v) is 10.3. The van der Waals surface area contributed by atoms with Crippen LogP contribution in [0.2, 0.25) is 5.02 Å². The first-order valence-electron chi connectivity index (χ1n) is 13.1. The zero-order valence-electron chi connectivity index (χ0n) is 21.9. The van der Waals surface area contributed by atoms with E-state index in [0.29, 0.717) is 45.9 Å². The number of fused-ring (bicyclic) bond motifs is 1. The normalized spacial score (nSPS) is 13.8. The highest BCUT2D eigenvalue weighted by molar-refractivity contribution is 6.34. The molecule has 1 saturated heterocycles. The number of anilines is 2. The van der Waals surface area contributed by atoms with Gasteiger partial charge in [-0.25, -0.2) is 18.7 Å². The van der Waals surface area contributed by atoms with Gasteiger partial charge in [0, 0.05) is 42.8 Å². The first-order chi connectivity index (χ1) is 19.4. The highest BCUT2D eigenvalue weighted by Gasteiger charge is 2.21. The van der Waals surface area contributed by atoms with Gasteiger partial charge in [0.2, 0.25) is 0 Å². The van der Waals surface area contributed by atoms with Crippen LogP contribution in [0.1, 0.15) is 35.2 Å². The Balaban J connectivity index is 1.33. The van der Waals surface area contributed by atoms with Crippen molar-refractivity contribution in [2.75, 3.05) is 32.0 Å². The average Bonchev–Trinajstić information content (AvgIpc) is 3.40. The summed E-state index contributed by atoms with van der Waals surface area (Å²) in [6.07, 6.45) is 7.52. The van der Waals surface area contributed by atoms with Gasteiger partial charge in [-0.05, 0) is 62.5 Å². The second-order valence-electron chi connectivity index (χ2n) is 9.88. The summed E-state index contributed by atoms with van der Waals surface area (Å²) in [5.41, 5.74) is 1.71. The molecule has 2 aromatic heterocycles. The summed E-state index contributed by atoms with van der Waals surface area (Å²) < 4.78 is 30.9. The summed E-state index contributed by atoms with van der Waals surface area (Å²) in [5, 5.41) is 15.6. The van der Waals surface area contributed by atoms with Crippen molar-refractivity contribution in [2.45, 2.75) is 25.7 Å². The van der Waals surface area contributed by atoms with Gasteiger partial charge in [-0.1, -0.05) is 17.7 Å². The van der Waals surface area contributed by atoms with Crippen LogP contribution in [0.4, 0.5) is 20.3 Å². The molecule has 40 heavy (non-hydrogen) atoms. The molecule has 0 saturated carbocycles. The van der Waals surface area contributed by atoms with Crippen LogP contribution in [0.15, 0.2) is 48.9 Å². The van der Waals surface area contributed by atoms with Crippen LogP contribution < -0.4 is 10.6 Å². The Hall–Kier alpha value is -4.07. The Kier molecular flexibility index (Phi) is 8.24. The van der Waals surface area contributed by atoms with Crippen LogP contribution in [-0.4, -0.2) is 51.9 Å². The van der Waals surface area contributed by atoms with E-state index in [4.69, 9.17) is 16.9 Å². The Bertz CT molecular complexity index is 1590. The molecule has 11 heteroatoms. The zero-order valence-corrected chi connectivity index (χ0v) is 22.7. The molecule has 8 nitrogen and oxygen atoms in total.